The van der Waals surface area contributed by atoms with Crippen molar-refractivity contribution in [3.05, 3.63) is 24.0 Å². The zero-order valence-electron chi connectivity index (χ0n) is 11.6. The van der Waals surface area contributed by atoms with E-state index in [1.807, 2.05) is 0 Å². The minimum Gasteiger partial charge on any atom is -0.351 e. The van der Waals surface area contributed by atoms with Crippen molar-refractivity contribution in [3.63, 3.8) is 0 Å². The Morgan fingerprint density at radius 1 is 1.24 bits per heavy atom. The predicted octanol–water partition coefficient (Wildman–Crippen LogP) is 2.33. The normalized spacial score (nSPS) is 11.3. The minimum absolute atomic E-state index is 0.977. The molecule has 0 aliphatic carbocycles. The summed E-state index contributed by atoms with van der Waals surface area (Å²) in [5.74, 6) is 0. The first-order chi connectivity index (χ1) is 8.31. The van der Waals surface area contributed by atoms with E-state index in [1.165, 1.54) is 18.7 Å². The van der Waals surface area contributed by atoms with Crippen molar-refractivity contribution in [2.45, 2.75) is 40.3 Å². The first-order valence-electron chi connectivity index (χ1n) is 6.88. The molecule has 0 aliphatic rings. The van der Waals surface area contributed by atoms with Crippen LogP contribution in [-0.4, -0.2) is 35.6 Å². The summed E-state index contributed by atoms with van der Waals surface area (Å²) >= 11 is 0. The molecule has 0 unspecified atom stereocenters. The first kappa shape index (κ1) is 14.3. The summed E-state index contributed by atoms with van der Waals surface area (Å²) in [5.41, 5.74) is 1.38. The third kappa shape index (κ3) is 4.92. The molecule has 0 aromatic carbocycles. The van der Waals surface area contributed by atoms with Gasteiger partial charge in [-0.2, -0.15) is 0 Å². The first-order valence-corrected chi connectivity index (χ1v) is 6.88. The van der Waals surface area contributed by atoms with E-state index in [0.29, 0.717) is 0 Å². The molecule has 1 N–H and O–H groups in total. The summed E-state index contributed by atoms with van der Waals surface area (Å²) in [6.45, 7) is 13.3. The van der Waals surface area contributed by atoms with Gasteiger partial charge in [0, 0.05) is 38.1 Å². The molecule has 0 atom stereocenters. The molecule has 0 spiro atoms. The molecule has 0 saturated heterocycles. The Morgan fingerprint density at radius 2 is 2.06 bits per heavy atom. The van der Waals surface area contributed by atoms with Gasteiger partial charge in [-0.25, -0.2) is 0 Å². The molecule has 0 bridgehead atoms. The quantitative estimate of drug-likeness (QED) is 0.665. The average molecular weight is 237 g/mol. The minimum atomic E-state index is 0.977. The lowest BCUT2D eigenvalue weighted by atomic mass is 10.3. The van der Waals surface area contributed by atoms with Gasteiger partial charge in [0.05, 0.1) is 0 Å². The number of nitrogens with one attached hydrogen (secondary N) is 1. The van der Waals surface area contributed by atoms with E-state index in [-0.39, 0.29) is 0 Å². The van der Waals surface area contributed by atoms with Crippen LogP contribution in [0.25, 0.3) is 0 Å². The maximum Gasteiger partial charge on any atom is 0.0359 e. The molecular formula is C14H27N3. The second-order valence-corrected chi connectivity index (χ2v) is 4.40. The SMILES string of the molecule is CCCN(CC)CCNCc1cccn1CC. The molecule has 0 radical (unpaired) electrons. The number of rotatable bonds is 9. The summed E-state index contributed by atoms with van der Waals surface area (Å²) in [5, 5.41) is 3.52. The van der Waals surface area contributed by atoms with E-state index in [1.54, 1.807) is 0 Å². The van der Waals surface area contributed by atoms with E-state index in [4.69, 9.17) is 0 Å². The zero-order valence-corrected chi connectivity index (χ0v) is 11.6. The lowest BCUT2D eigenvalue weighted by Gasteiger charge is -2.19. The van der Waals surface area contributed by atoms with Crippen LogP contribution >= 0.6 is 0 Å². The highest BCUT2D eigenvalue weighted by atomic mass is 15.1. The van der Waals surface area contributed by atoms with Gasteiger partial charge in [-0.15, -0.1) is 0 Å². The highest BCUT2D eigenvalue weighted by Gasteiger charge is 2.01. The van der Waals surface area contributed by atoms with Crippen LogP contribution in [0.1, 0.15) is 32.9 Å². The number of aryl methyl sites for hydroxylation is 1. The van der Waals surface area contributed by atoms with Crippen LogP contribution in [0.4, 0.5) is 0 Å². The fraction of sp³-hybridized carbons (Fsp3) is 0.714. The molecule has 1 aromatic heterocycles. The zero-order chi connectivity index (χ0) is 12.5. The van der Waals surface area contributed by atoms with Crippen LogP contribution in [0, 0.1) is 0 Å². The van der Waals surface area contributed by atoms with Crippen molar-refractivity contribution >= 4 is 0 Å². The van der Waals surface area contributed by atoms with Gasteiger partial charge < -0.3 is 14.8 Å². The fourth-order valence-electron chi connectivity index (χ4n) is 2.12. The van der Waals surface area contributed by atoms with Crippen LogP contribution in [0.15, 0.2) is 18.3 Å². The van der Waals surface area contributed by atoms with Gasteiger partial charge in [0.15, 0.2) is 0 Å². The van der Waals surface area contributed by atoms with Gasteiger partial charge >= 0.3 is 0 Å². The lowest BCUT2D eigenvalue weighted by Crippen LogP contribution is -2.32. The Labute approximate surface area is 106 Å². The van der Waals surface area contributed by atoms with Crippen LogP contribution in [0.5, 0.6) is 0 Å². The lowest BCUT2D eigenvalue weighted by molar-refractivity contribution is 0.287. The van der Waals surface area contributed by atoms with Crippen molar-refractivity contribution in [3.8, 4) is 0 Å². The van der Waals surface area contributed by atoms with E-state index in [0.717, 1.165) is 32.7 Å². The van der Waals surface area contributed by atoms with Gasteiger partial charge in [-0.1, -0.05) is 13.8 Å². The molecule has 1 aromatic rings. The predicted molar refractivity (Wildman–Crippen MR) is 74.2 cm³/mol. The number of aromatic nitrogens is 1. The summed E-state index contributed by atoms with van der Waals surface area (Å²) in [6.07, 6.45) is 3.39. The van der Waals surface area contributed by atoms with Crippen LogP contribution in [0.2, 0.25) is 0 Å². The maximum atomic E-state index is 3.52. The Hall–Kier alpha value is -0.800. The van der Waals surface area contributed by atoms with Crippen LogP contribution in [-0.2, 0) is 13.1 Å². The monoisotopic (exact) mass is 237 g/mol. The largest absolute Gasteiger partial charge is 0.351 e. The van der Waals surface area contributed by atoms with Crippen molar-refractivity contribution in [1.29, 1.82) is 0 Å². The van der Waals surface area contributed by atoms with Gasteiger partial charge in [-0.3, -0.25) is 0 Å². The van der Waals surface area contributed by atoms with Gasteiger partial charge in [0.2, 0.25) is 0 Å². The molecule has 3 heteroatoms. The third-order valence-corrected chi connectivity index (χ3v) is 3.16. The molecule has 0 saturated carbocycles. The fourth-order valence-corrected chi connectivity index (χ4v) is 2.12. The molecule has 0 aliphatic heterocycles. The molecule has 0 fully saturated rings. The Balaban J connectivity index is 2.19. The number of likely N-dealkylation sites (N-methyl/N-ethyl adjacent to an activating group) is 1. The van der Waals surface area contributed by atoms with E-state index < -0.39 is 0 Å². The smallest absolute Gasteiger partial charge is 0.0359 e. The van der Waals surface area contributed by atoms with Crippen molar-refractivity contribution in [2.75, 3.05) is 26.2 Å². The van der Waals surface area contributed by atoms with Gasteiger partial charge in [-0.05, 0) is 38.6 Å². The third-order valence-electron chi connectivity index (χ3n) is 3.16. The topological polar surface area (TPSA) is 20.2 Å². The number of nitrogens with zero attached hydrogens (tertiary/aromatic N) is 2. The second-order valence-electron chi connectivity index (χ2n) is 4.40. The van der Waals surface area contributed by atoms with Gasteiger partial charge in [0.1, 0.15) is 0 Å². The Morgan fingerprint density at radius 3 is 2.71 bits per heavy atom. The highest BCUT2D eigenvalue weighted by Crippen LogP contribution is 2.01. The summed E-state index contributed by atoms with van der Waals surface area (Å²) < 4.78 is 2.29. The molecule has 1 heterocycles. The Kier molecular flexibility index (Phi) is 6.97. The van der Waals surface area contributed by atoms with Crippen molar-refractivity contribution < 1.29 is 0 Å². The number of hydrogen-bond acceptors (Lipinski definition) is 2. The second kappa shape index (κ2) is 8.31. The summed E-state index contributed by atoms with van der Waals surface area (Å²) in [6, 6.07) is 4.32. The average Bonchev–Trinajstić information content (AvgIpc) is 2.80. The van der Waals surface area contributed by atoms with E-state index in [2.05, 4.69) is 53.9 Å². The molecule has 1 rings (SSSR count). The van der Waals surface area contributed by atoms with Crippen molar-refractivity contribution in [1.82, 2.24) is 14.8 Å². The van der Waals surface area contributed by atoms with Crippen molar-refractivity contribution in [2.24, 2.45) is 0 Å². The van der Waals surface area contributed by atoms with Gasteiger partial charge in [0.25, 0.3) is 0 Å². The summed E-state index contributed by atoms with van der Waals surface area (Å²) in [7, 11) is 0. The molecule has 3 nitrogen and oxygen atoms in total. The standard InChI is InChI=1S/C14H27N3/c1-4-10-16(5-2)12-9-15-13-14-8-7-11-17(14)6-3/h7-8,11,15H,4-6,9-10,12-13H2,1-3H3. The molecule has 17 heavy (non-hydrogen) atoms. The highest BCUT2D eigenvalue weighted by molar-refractivity contribution is 5.06. The molecule has 98 valence electrons. The van der Waals surface area contributed by atoms with Crippen LogP contribution < -0.4 is 5.32 Å². The molecule has 0 amide bonds. The number of hydrogen-bond donors (Lipinski definition) is 1. The van der Waals surface area contributed by atoms with E-state index >= 15 is 0 Å². The Bertz CT molecular complexity index is 293. The van der Waals surface area contributed by atoms with E-state index in [9.17, 15) is 0 Å². The summed E-state index contributed by atoms with van der Waals surface area (Å²) in [4.78, 5) is 2.49. The molecular weight excluding hydrogens is 210 g/mol. The van der Waals surface area contributed by atoms with Crippen LogP contribution in [0.3, 0.4) is 0 Å². The maximum absolute atomic E-state index is 3.52.